The smallest absolute Gasteiger partial charge is 0.222 e. The van der Waals surface area contributed by atoms with E-state index in [4.69, 9.17) is 0 Å². The predicted octanol–water partition coefficient (Wildman–Crippen LogP) is -0.250. The van der Waals surface area contributed by atoms with Crippen LogP contribution in [-0.2, 0) is 4.79 Å². The van der Waals surface area contributed by atoms with Gasteiger partial charge >= 0.3 is 0 Å². The van der Waals surface area contributed by atoms with Crippen molar-refractivity contribution in [1.82, 2.24) is 14.7 Å². The van der Waals surface area contributed by atoms with Crippen LogP contribution in [0, 0.1) is 0 Å². The third kappa shape index (κ3) is 3.46. The first-order valence-corrected chi connectivity index (χ1v) is 7.64. The predicted molar refractivity (Wildman–Crippen MR) is 72.9 cm³/mol. The molecule has 5 nitrogen and oxygen atoms in total. The minimum Gasteiger partial charge on any atom is -0.390 e. The van der Waals surface area contributed by atoms with E-state index in [1.54, 1.807) is 0 Å². The molecule has 1 unspecified atom stereocenters. The molecule has 2 saturated heterocycles. The zero-order valence-corrected chi connectivity index (χ0v) is 11.6. The Hall–Kier alpha value is -0.650. The van der Waals surface area contributed by atoms with Crippen molar-refractivity contribution in [1.29, 1.82) is 0 Å². The lowest BCUT2D eigenvalue weighted by Gasteiger charge is -2.36. The van der Waals surface area contributed by atoms with Gasteiger partial charge < -0.3 is 10.0 Å². The van der Waals surface area contributed by atoms with Gasteiger partial charge in [-0.1, -0.05) is 0 Å². The molecule has 0 radical (unpaired) electrons. The summed E-state index contributed by atoms with van der Waals surface area (Å²) in [6.07, 6.45) is 3.96. The standard InChI is InChI=1S/C14H25N3O2/c18-13(11-17-5-1-2-14(17)19)10-15-6-8-16(9-7-15)12-3-4-12/h12-13,18H,1-11H2. The molecule has 1 aliphatic carbocycles. The minimum absolute atomic E-state index is 0.206. The summed E-state index contributed by atoms with van der Waals surface area (Å²) in [6.45, 7) is 6.44. The first-order chi connectivity index (χ1) is 9.22. The fourth-order valence-corrected chi connectivity index (χ4v) is 3.26. The molecule has 2 aliphatic heterocycles. The summed E-state index contributed by atoms with van der Waals surface area (Å²) in [5.41, 5.74) is 0. The number of aliphatic hydroxyl groups excluding tert-OH is 1. The molecule has 1 N–H and O–H groups in total. The fourth-order valence-electron chi connectivity index (χ4n) is 3.26. The Kier molecular flexibility index (Phi) is 4.05. The van der Waals surface area contributed by atoms with Crippen molar-refractivity contribution in [2.45, 2.75) is 37.8 Å². The molecule has 1 atom stereocenters. The summed E-state index contributed by atoms with van der Waals surface area (Å²) in [5.74, 6) is 0.206. The van der Waals surface area contributed by atoms with Gasteiger partial charge in [0.15, 0.2) is 0 Å². The molecule has 0 spiro atoms. The quantitative estimate of drug-likeness (QED) is 0.746. The highest BCUT2D eigenvalue weighted by atomic mass is 16.3. The largest absolute Gasteiger partial charge is 0.390 e. The van der Waals surface area contributed by atoms with E-state index in [1.807, 2.05) is 4.90 Å². The average Bonchev–Trinajstić information content (AvgIpc) is 3.16. The second-order valence-corrected chi connectivity index (χ2v) is 6.16. The average molecular weight is 267 g/mol. The summed E-state index contributed by atoms with van der Waals surface area (Å²) < 4.78 is 0. The van der Waals surface area contributed by atoms with Gasteiger partial charge in [-0.25, -0.2) is 0 Å². The van der Waals surface area contributed by atoms with Crippen LogP contribution in [-0.4, -0.2) is 83.7 Å². The number of amides is 1. The summed E-state index contributed by atoms with van der Waals surface area (Å²) in [4.78, 5) is 18.2. The summed E-state index contributed by atoms with van der Waals surface area (Å²) in [5, 5.41) is 10.1. The number of hydrogen-bond donors (Lipinski definition) is 1. The molecule has 0 aromatic carbocycles. The second-order valence-electron chi connectivity index (χ2n) is 6.16. The molecule has 1 amide bonds. The SMILES string of the molecule is O=C1CCCN1CC(O)CN1CCN(C2CC2)CC1. The first-order valence-electron chi connectivity index (χ1n) is 7.64. The molecule has 108 valence electrons. The van der Waals surface area contributed by atoms with Crippen molar-refractivity contribution in [2.24, 2.45) is 0 Å². The highest BCUT2D eigenvalue weighted by molar-refractivity contribution is 5.78. The van der Waals surface area contributed by atoms with Gasteiger partial charge in [-0.05, 0) is 19.3 Å². The van der Waals surface area contributed by atoms with Gasteiger partial charge in [0.2, 0.25) is 5.91 Å². The number of nitrogens with zero attached hydrogens (tertiary/aromatic N) is 3. The fraction of sp³-hybridized carbons (Fsp3) is 0.929. The van der Waals surface area contributed by atoms with E-state index in [2.05, 4.69) is 9.80 Å². The van der Waals surface area contributed by atoms with Crippen molar-refractivity contribution in [2.75, 3.05) is 45.8 Å². The van der Waals surface area contributed by atoms with Crippen LogP contribution in [0.25, 0.3) is 0 Å². The maximum atomic E-state index is 11.5. The van der Waals surface area contributed by atoms with Gasteiger partial charge in [0, 0.05) is 58.3 Å². The van der Waals surface area contributed by atoms with Crippen molar-refractivity contribution < 1.29 is 9.90 Å². The van der Waals surface area contributed by atoms with Crippen LogP contribution in [0.15, 0.2) is 0 Å². The van der Waals surface area contributed by atoms with Gasteiger partial charge in [0.25, 0.3) is 0 Å². The Morgan fingerprint density at radius 2 is 1.84 bits per heavy atom. The van der Waals surface area contributed by atoms with Crippen LogP contribution < -0.4 is 0 Å². The molecule has 3 fully saturated rings. The molecule has 5 heteroatoms. The maximum Gasteiger partial charge on any atom is 0.222 e. The Morgan fingerprint density at radius 1 is 1.11 bits per heavy atom. The lowest BCUT2D eigenvalue weighted by Crippen LogP contribution is -2.50. The zero-order chi connectivity index (χ0) is 13.2. The molecule has 0 aromatic rings. The van der Waals surface area contributed by atoms with Gasteiger partial charge in [-0.15, -0.1) is 0 Å². The summed E-state index contributed by atoms with van der Waals surface area (Å²) in [7, 11) is 0. The molecule has 3 aliphatic rings. The lowest BCUT2D eigenvalue weighted by molar-refractivity contribution is -0.129. The highest BCUT2D eigenvalue weighted by Crippen LogP contribution is 2.27. The summed E-state index contributed by atoms with van der Waals surface area (Å²) in [6, 6.07) is 0.856. The molecular formula is C14H25N3O2. The Balaban J connectivity index is 1.37. The van der Waals surface area contributed by atoms with Crippen molar-refractivity contribution in [3.8, 4) is 0 Å². The van der Waals surface area contributed by atoms with E-state index in [1.165, 1.54) is 12.8 Å². The molecule has 19 heavy (non-hydrogen) atoms. The first kappa shape index (κ1) is 13.3. The van der Waals surface area contributed by atoms with E-state index >= 15 is 0 Å². The second kappa shape index (κ2) is 5.77. The van der Waals surface area contributed by atoms with Gasteiger partial charge in [0.05, 0.1) is 6.10 Å². The molecule has 1 saturated carbocycles. The van der Waals surface area contributed by atoms with Crippen molar-refractivity contribution in [3.63, 3.8) is 0 Å². The number of β-amino-alcohol motifs (C(OH)–C–C–N with tert-alkyl or cyclic N) is 1. The minimum atomic E-state index is -0.394. The Morgan fingerprint density at radius 3 is 2.42 bits per heavy atom. The number of hydrogen-bond acceptors (Lipinski definition) is 4. The van der Waals surface area contributed by atoms with Gasteiger partial charge in [-0.2, -0.15) is 0 Å². The number of carbonyl (C=O) groups is 1. The van der Waals surface area contributed by atoms with E-state index in [9.17, 15) is 9.90 Å². The summed E-state index contributed by atoms with van der Waals surface area (Å²) >= 11 is 0. The normalized spacial score (nSPS) is 28.1. The van der Waals surface area contributed by atoms with Crippen LogP contribution in [0.5, 0.6) is 0 Å². The van der Waals surface area contributed by atoms with E-state index < -0.39 is 6.10 Å². The number of likely N-dealkylation sites (tertiary alicyclic amines) is 1. The molecule has 2 heterocycles. The number of piperazine rings is 1. The number of aliphatic hydroxyl groups is 1. The van der Waals surface area contributed by atoms with Crippen LogP contribution in [0.4, 0.5) is 0 Å². The van der Waals surface area contributed by atoms with Crippen LogP contribution >= 0.6 is 0 Å². The van der Waals surface area contributed by atoms with E-state index in [-0.39, 0.29) is 5.91 Å². The van der Waals surface area contributed by atoms with Crippen LogP contribution in [0.2, 0.25) is 0 Å². The van der Waals surface area contributed by atoms with Crippen molar-refractivity contribution in [3.05, 3.63) is 0 Å². The Bertz CT molecular complexity index is 325. The molecular weight excluding hydrogens is 242 g/mol. The lowest BCUT2D eigenvalue weighted by atomic mass is 10.2. The molecule has 3 rings (SSSR count). The van der Waals surface area contributed by atoms with Crippen molar-refractivity contribution >= 4 is 5.91 Å². The Labute approximate surface area is 115 Å². The number of carbonyl (C=O) groups excluding carboxylic acids is 1. The maximum absolute atomic E-state index is 11.5. The van der Waals surface area contributed by atoms with Crippen LogP contribution in [0.1, 0.15) is 25.7 Å². The topological polar surface area (TPSA) is 47.0 Å². The van der Waals surface area contributed by atoms with Gasteiger partial charge in [0.1, 0.15) is 0 Å². The zero-order valence-electron chi connectivity index (χ0n) is 11.6. The van der Waals surface area contributed by atoms with E-state index in [0.717, 1.165) is 45.2 Å². The third-order valence-corrected chi connectivity index (χ3v) is 4.54. The van der Waals surface area contributed by atoms with Gasteiger partial charge in [-0.3, -0.25) is 14.6 Å². The third-order valence-electron chi connectivity index (χ3n) is 4.54. The monoisotopic (exact) mass is 267 g/mol. The molecule has 0 bridgehead atoms. The highest BCUT2D eigenvalue weighted by Gasteiger charge is 2.31. The molecule has 0 aromatic heterocycles. The van der Waals surface area contributed by atoms with E-state index in [0.29, 0.717) is 19.5 Å². The number of rotatable bonds is 5. The van der Waals surface area contributed by atoms with Crippen LogP contribution in [0.3, 0.4) is 0 Å².